The molecule has 1 aliphatic rings. The number of hydrogen-bond acceptors (Lipinski definition) is 12. The maximum Gasteiger partial charge on any atom is 0.490 e. The van der Waals surface area contributed by atoms with Crippen LogP contribution in [0, 0.1) is 5.92 Å². The van der Waals surface area contributed by atoms with Crippen LogP contribution in [0.2, 0.25) is 0 Å². The SMILES string of the molecule is Nc1nc2c(ncn2[C@@H]2C[C@H](COP(=O)(O)OP(=O)(O)OP(=O)(O)O)C(O)[C@@H]2O)c(=O)[nH]1. The lowest BCUT2D eigenvalue weighted by molar-refractivity contribution is -0.00372. The summed E-state index contributed by atoms with van der Waals surface area (Å²) in [5.41, 5.74) is 4.80. The number of aromatic nitrogens is 4. The van der Waals surface area contributed by atoms with E-state index in [1.807, 2.05) is 0 Å². The summed E-state index contributed by atoms with van der Waals surface area (Å²) in [6.45, 7) is -0.790. The summed E-state index contributed by atoms with van der Waals surface area (Å²) >= 11 is 0. The summed E-state index contributed by atoms with van der Waals surface area (Å²) < 4.78 is 46.8. The van der Waals surface area contributed by atoms with Crippen molar-refractivity contribution in [1.29, 1.82) is 0 Å². The topological polar surface area (TPSA) is 290 Å². The van der Waals surface area contributed by atoms with E-state index in [-0.39, 0.29) is 23.5 Å². The van der Waals surface area contributed by atoms with Crippen molar-refractivity contribution in [3.05, 3.63) is 16.7 Å². The molecule has 6 atom stereocenters. The fourth-order valence-corrected chi connectivity index (χ4v) is 6.29. The van der Waals surface area contributed by atoms with Gasteiger partial charge in [0, 0.05) is 5.92 Å². The first kappa shape index (κ1) is 25.1. The third-order valence-electron chi connectivity index (χ3n) is 4.45. The van der Waals surface area contributed by atoms with E-state index in [0.29, 0.717) is 0 Å². The van der Waals surface area contributed by atoms with Crippen LogP contribution >= 0.6 is 23.5 Å². The molecule has 0 saturated heterocycles. The van der Waals surface area contributed by atoms with Crippen LogP contribution in [0.1, 0.15) is 12.5 Å². The van der Waals surface area contributed by atoms with E-state index in [0.717, 1.165) is 0 Å². The van der Waals surface area contributed by atoms with Crippen LogP contribution in [0.3, 0.4) is 0 Å². The summed E-state index contributed by atoms with van der Waals surface area (Å²) in [5.74, 6) is -1.25. The third-order valence-corrected chi connectivity index (χ3v) is 8.25. The van der Waals surface area contributed by atoms with Crippen molar-refractivity contribution in [2.24, 2.45) is 5.92 Å². The lowest BCUT2D eigenvalue weighted by atomic mass is 10.1. The first-order valence-corrected chi connectivity index (χ1v) is 13.0. The number of rotatable bonds is 8. The molecule has 0 bridgehead atoms. The molecule has 1 saturated carbocycles. The van der Waals surface area contributed by atoms with E-state index in [2.05, 4.69) is 28.1 Å². The summed E-state index contributed by atoms with van der Waals surface area (Å²) in [7, 11) is -16.6. The Hall–Kier alpha value is -1.52. The molecule has 0 amide bonds. The minimum Gasteiger partial charge on any atom is -0.390 e. The molecular formula is C11H18N5O13P3. The van der Waals surface area contributed by atoms with Gasteiger partial charge in [-0.25, -0.2) is 18.7 Å². The van der Waals surface area contributed by atoms with Crippen LogP contribution in [0.25, 0.3) is 11.2 Å². The van der Waals surface area contributed by atoms with Gasteiger partial charge in [-0.1, -0.05) is 0 Å². The van der Waals surface area contributed by atoms with Gasteiger partial charge in [0.1, 0.15) is 6.10 Å². The average molecular weight is 521 g/mol. The normalized spacial score (nSPS) is 27.9. The monoisotopic (exact) mass is 521 g/mol. The minimum atomic E-state index is -5.69. The van der Waals surface area contributed by atoms with E-state index >= 15 is 0 Å². The van der Waals surface area contributed by atoms with Crippen LogP contribution in [-0.2, 0) is 26.8 Å². The average Bonchev–Trinajstić information content (AvgIpc) is 3.12. The van der Waals surface area contributed by atoms with Gasteiger partial charge in [0.05, 0.1) is 25.1 Å². The molecular weight excluding hydrogens is 503 g/mol. The number of aliphatic hydroxyl groups is 2. The highest BCUT2D eigenvalue weighted by molar-refractivity contribution is 7.66. The molecule has 3 rings (SSSR count). The number of phosphoric ester groups is 1. The highest BCUT2D eigenvalue weighted by atomic mass is 31.3. The van der Waals surface area contributed by atoms with Crippen molar-refractivity contribution in [2.45, 2.75) is 24.7 Å². The lowest BCUT2D eigenvalue weighted by Gasteiger charge is -2.19. The van der Waals surface area contributed by atoms with Crippen LogP contribution in [0.5, 0.6) is 0 Å². The molecule has 0 aliphatic heterocycles. The van der Waals surface area contributed by atoms with E-state index in [1.54, 1.807) is 0 Å². The molecule has 21 heteroatoms. The number of aliphatic hydroxyl groups excluding tert-OH is 2. The largest absolute Gasteiger partial charge is 0.490 e. The summed E-state index contributed by atoms with van der Waals surface area (Å²) in [6.07, 6.45) is -1.91. The predicted molar refractivity (Wildman–Crippen MR) is 102 cm³/mol. The number of nitrogens with one attached hydrogen (secondary N) is 1. The van der Waals surface area contributed by atoms with Crippen molar-refractivity contribution < 1.29 is 56.6 Å². The molecule has 180 valence electrons. The molecule has 1 fully saturated rings. The van der Waals surface area contributed by atoms with E-state index in [1.165, 1.54) is 10.9 Å². The van der Waals surface area contributed by atoms with Gasteiger partial charge in [-0.05, 0) is 6.42 Å². The Morgan fingerprint density at radius 2 is 1.78 bits per heavy atom. The number of fused-ring (bicyclic) bond motifs is 1. The number of phosphoric acid groups is 3. The molecule has 0 radical (unpaired) electrons. The van der Waals surface area contributed by atoms with Crippen molar-refractivity contribution >= 4 is 40.6 Å². The van der Waals surface area contributed by atoms with E-state index in [4.69, 9.17) is 20.4 Å². The van der Waals surface area contributed by atoms with Gasteiger partial charge < -0.3 is 40.1 Å². The zero-order valence-electron chi connectivity index (χ0n) is 15.6. The smallest absolute Gasteiger partial charge is 0.390 e. The molecule has 2 aromatic heterocycles. The minimum absolute atomic E-state index is 0.0102. The van der Waals surface area contributed by atoms with Crippen LogP contribution in [0.4, 0.5) is 5.95 Å². The van der Waals surface area contributed by atoms with Crippen LogP contribution in [0.15, 0.2) is 11.1 Å². The second-order valence-electron chi connectivity index (χ2n) is 6.71. The van der Waals surface area contributed by atoms with Gasteiger partial charge >= 0.3 is 23.5 Å². The highest BCUT2D eigenvalue weighted by Gasteiger charge is 2.46. The zero-order valence-corrected chi connectivity index (χ0v) is 18.3. The number of imidazole rings is 1. The molecule has 0 aromatic carbocycles. The summed E-state index contributed by atoms with van der Waals surface area (Å²) in [6, 6.07) is -0.918. The van der Waals surface area contributed by atoms with Gasteiger partial charge in [0.25, 0.3) is 5.56 Å². The number of nitrogens with two attached hydrogens (primary N) is 1. The number of nitrogen functional groups attached to an aromatic ring is 1. The number of nitrogens with zero attached hydrogens (tertiary/aromatic N) is 3. The first-order chi connectivity index (χ1) is 14.6. The second kappa shape index (κ2) is 8.68. The fourth-order valence-electron chi connectivity index (χ4n) is 3.22. The predicted octanol–water partition coefficient (Wildman–Crippen LogP) is -1.67. The molecule has 3 unspecified atom stereocenters. The maximum atomic E-state index is 11.9. The van der Waals surface area contributed by atoms with Crippen molar-refractivity contribution in [1.82, 2.24) is 19.5 Å². The number of aromatic amines is 1. The third kappa shape index (κ3) is 5.69. The zero-order chi connectivity index (χ0) is 24.1. The Morgan fingerprint density at radius 3 is 2.41 bits per heavy atom. The molecule has 0 spiro atoms. The quantitative estimate of drug-likeness (QED) is 0.180. The first-order valence-electron chi connectivity index (χ1n) is 8.45. The Labute approximate surface area is 177 Å². The van der Waals surface area contributed by atoms with Gasteiger partial charge in [-0.3, -0.25) is 14.3 Å². The van der Waals surface area contributed by atoms with Gasteiger partial charge in [0.2, 0.25) is 5.95 Å². The van der Waals surface area contributed by atoms with Gasteiger partial charge in [-0.15, -0.1) is 0 Å². The number of hydrogen-bond donors (Lipinski definition) is 8. The Bertz CT molecular complexity index is 1210. The number of H-pyrrole nitrogens is 1. The standard InChI is InChI=1S/C11H18N5O13P3/c12-11-14-9-6(10(19)15-11)13-3-16(9)5-1-4(7(17)8(5)18)2-27-31(23,24)29-32(25,26)28-30(20,21)22/h3-5,7-8,17-18H,1-2H2,(H,23,24)(H,25,26)(H2,20,21,22)(H3,12,14,15,19)/t4-,5-,7?,8-/m1/s1. The van der Waals surface area contributed by atoms with Crippen molar-refractivity contribution in [3.8, 4) is 0 Å². The lowest BCUT2D eigenvalue weighted by Crippen LogP contribution is -2.30. The number of anilines is 1. The Balaban J connectivity index is 1.72. The summed E-state index contributed by atoms with van der Waals surface area (Å²) in [5, 5.41) is 20.7. The summed E-state index contributed by atoms with van der Waals surface area (Å²) in [4.78, 5) is 57.7. The van der Waals surface area contributed by atoms with Crippen LogP contribution < -0.4 is 11.3 Å². The van der Waals surface area contributed by atoms with Crippen molar-refractivity contribution in [2.75, 3.05) is 12.3 Å². The molecule has 32 heavy (non-hydrogen) atoms. The van der Waals surface area contributed by atoms with Gasteiger partial charge in [-0.2, -0.15) is 13.6 Å². The molecule has 2 aromatic rings. The van der Waals surface area contributed by atoms with Crippen molar-refractivity contribution in [3.63, 3.8) is 0 Å². The van der Waals surface area contributed by atoms with Crippen LogP contribution in [-0.4, -0.2) is 68.1 Å². The second-order valence-corrected chi connectivity index (χ2v) is 11.1. The highest BCUT2D eigenvalue weighted by Crippen LogP contribution is 2.66. The molecule has 18 nitrogen and oxygen atoms in total. The molecule has 1 aliphatic carbocycles. The van der Waals surface area contributed by atoms with E-state index < -0.39 is 59.8 Å². The maximum absolute atomic E-state index is 11.9. The van der Waals surface area contributed by atoms with E-state index in [9.17, 15) is 33.6 Å². The Morgan fingerprint density at radius 1 is 1.12 bits per heavy atom. The fraction of sp³-hybridized carbons (Fsp3) is 0.545. The van der Waals surface area contributed by atoms with Gasteiger partial charge in [0.15, 0.2) is 11.2 Å². The molecule has 2 heterocycles. The Kier molecular flexibility index (Phi) is 6.81. The molecule has 9 N–H and O–H groups in total.